The average Bonchev–Trinajstić information content (AvgIpc) is 2.47. The van der Waals surface area contributed by atoms with Gasteiger partial charge in [0.05, 0.1) is 23.8 Å². The lowest BCUT2D eigenvalue weighted by Crippen LogP contribution is -2.17. The largest absolute Gasteiger partial charge is 0.376 e. The molecule has 0 fully saturated rings. The van der Waals surface area contributed by atoms with E-state index in [1.807, 2.05) is 43.3 Å². The molecule has 0 aliphatic heterocycles. The summed E-state index contributed by atoms with van der Waals surface area (Å²) < 4.78 is 0. The van der Waals surface area contributed by atoms with E-state index in [9.17, 15) is 4.79 Å². The average molecular weight is 271 g/mol. The summed E-state index contributed by atoms with van der Waals surface area (Å²) in [6, 6.07) is 7.58. The molecule has 1 heterocycles. The second-order valence-electron chi connectivity index (χ2n) is 4.40. The molecule has 0 aliphatic rings. The lowest BCUT2D eigenvalue weighted by Gasteiger charge is -2.17. The maximum atomic E-state index is 12.1. The summed E-state index contributed by atoms with van der Waals surface area (Å²) in [4.78, 5) is 22.2. The van der Waals surface area contributed by atoms with E-state index in [0.29, 0.717) is 5.82 Å². The number of hydrogen-bond acceptors (Lipinski definition) is 5. The standard InChI is InChI=1S/C14H17N5O/c1-15-13-9-16-11(8-17-13)14(20)18-10-6-4-5-7-12(10)19(2)3/h4-9H,1-3H3,(H,15,17)(H,18,20). The summed E-state index contributed by atoms with van der Waals surface area (Å²) in [5.41, 5.74) is 1.94. The number of hydrogen-bond donors (Lipinski definition) is 2. The second-order valence-corrected chi connectivity index (χ2v) is 4.40. The maximum Gasteiger partial charge on any atom is 0.275 e. The summed E-state index contributed by atoms with van der Waals surface area (Å²) in [7, 11) is 5.59. The number of benzene rings is 1. The quantitative estimate of drug-likeness (QED) is 0.888. The highest BCUT2D eigenvalue weighted by Gasteiger charge is 2.11. The zero-order chi connectivity index (χ0) is 14.5. The third-order valence-electron chi connectivity index (χ3n) is 2.77. The molecule has 0 aliphatic carbocycles. The smallest absolute Gasteiger partial charge is 0.275 e. The fourth-order valence-electron chi connectivity index (χ4n) is 1.73. The Balaban J connectivity index is 2.19. The third-order valence-corrected chi connectivity index (χ3v) is 2.77. The van der Waals surface area contributed by atoms with Crippen molar-refractivity contribution < 1.29 is 4.79 Å². The number of carbonyl (C=O) groups excluding carboxylic acids is 1. The van der Waals surface area contributed by atoms with Crippen LogP contribution in [-0.4, -0.2) is 37.0 Å². The minimum atomic E-state index is -0.283. The highest BCUT2D eigenvalue weighted by atomic mass is 16.1. The predicted octanol–water partition coefficient (Wildman–Crippen LogP) is 1.84. The van der Waals surface area contributed by atoms with Crippen molar-refractivity contribution in [2.24, 2.45) is 0 Å². The van der Waals surface area contributed by atoms with Gasteiger partial charge in [-0.3, -0.25) is 4.79 Å². The summed E-state index contributed by atoms with van der Waals surface area (Å²) in [5.74, 6) is 0.338. The molecule has 2 aromatic rings. The molecular weight excluding hydrogens is 254 g/mol. The molecule has 6 nitrogen and oxygen atoms in total. The molecule has 2 rings (SSSR count). The van der Waals surface area contributed by atoms with Gasteiger partial charge >= 0.3 is 0 Å². The van der Waals surface area contributed by atoms with Crippen LogP contribution >= 0.6 is 0 Å². The summed E-state index contributed by atoms with van der Waals surface area (Å²) >= 11 is 0. The molecule has 20 heavy (non-hydrogen) atoms. The Morgan fingerprint density at radius 3 is 2.50 bits per heavy atom. The molecule has 6 heteroatoms. The van der Waals surface area contributed by atoms with Gasteiger partial charge in [-0.1, -0.05) is 12.1 Å². The van der Waals surface area contributed by atoms with Crippen molar-refractivity contribution in [3.63, 3.8) is 0 Å². The number of anilines is 3. The van der Waals surface area contributed by atoms with Gasteiger partial charge in [0.1, 0.15) is 11.5 Å². The fourth-order valence-corrected chi connectivity index (χ4v) is 1.73. The van der Waals surface area contributed by atoms with Crippen molar-refractivity contribution in [2.75, 3.05) is 36.7 Å². The Hall–Kier alpha value is -2.63. The van der Waals surface area contributed by atoms with E-state index in [4.69, 9.17) is 0 Å². The Kier molecular flexibility index (Phi) is 4.14. The molecule has 0 saturated heterocycles. The van der Waals surface area contributed by atoms with Crippen LogP contribution in [-0.2, 0) is 0 Å². The molecule has 1 aromatic heterocycles. The summed E-state index contributed by atoms with van der Waals surface area (Å²) in [6.07, 6.45) is 2.96. The minimum absolute atomic E-state index is 0.276. The lowest BCUT2D eigenvalue weighted by molar-refractivity contribution is 0.102. The Bertz CT molecular complexity index is 595. The third kappa shape index (κ3) is 3.03. The first-order valence-electron chi connectivity index (χ1n) is 6.19. The fraction of sp³-hybridized carbons (Fsp3) is 0.214. The lowest BCUT2D eigenvalue weighted by atomic mass is 10.2. The number of aromatic nitrogens is 2. The summed E-state index contributed by atoms with van der Waals surface area (Å²) in [6.45, 7) is 0. The van der Waals surface area contributed by atoms with E-state index in [0.717, 1.165) is 11.4 Å². The van der Waals surface area contributed by atoms with E-state index in [1.54, 1.807) is 7.05 Å². The first kappa shape index (κ1) is 13.8. The predicted molar refractivity (Wildman–Crippen MR) is 80.3 cm³/mol. The van der Waals surface area contributed by atoms with Gasteiger partial charge in [0.15, 0.2) is 0 Å². The van der Waals surface area contributed by atoms with Crippen molar-refractivity contribution in [3.05, 3.63) is 42.4 Å². The molecule has 2 N–H and O–H groups in total. The first-order valence-corrected chi connectivity index (χ1v) is 6.19. The zero-order valence-corrected chi connectivity index (χ0v) is 11.7. The van der Waals surface area contributed by atoms with Gasteiger partial charge in [0, 0.05) is 21.1 Å². The topological polar surface area (TPSA) is 70.2 Å². The van der Waals surface area contributed by atoms with Crippen molar-refractivity contribution in [1.29, 1.82) is 0 Å². The van der Waals surface area contributed by atoms with Crippen LogP contribution in [0.3, 0.4) is 0 Å². The number of para-hydroxylation sites is 2. The molecular formula is C14H17N5O. The number of amides is 1. The maximum absolute atomic E-state index is 12.1. The highest BCUT2D eigenvalue weighted by molar-refractivity contribution is 6.04. The van der Waals surface area contributed by atoms with Crippen LogP contribution in [0.15, 0.2) is 36.7 Å². The van der Waals surface area contributed by atoms with Gasteiger partial charge < -0.3 is 15.5 Å². The van der Waals surface area contributed by atoms with E-state index >= 15 is 0 Å². The number of nitrogens with zero attached hydrogens (tertiary/aromatic N) is 3. The van der Waals surface area contributed by atoms with Gasteiger partial charge in [-0.15, -0.1) is 0 Å². The van der Waals surface area contributed by atoms with Crippen LogP contribution in [0.1, 0.15) is 10.5 Å². The molecule has 0 atom stereocenters. The van der Waals surface area contributed by atoms with Crippen LogP contribution in [0, 0.1) is 0 Å². The van der Waals surface area contributed by atoms with E-state index in [-0.39, 0.29) is 11.6 Å². The summed E-state index contributed by atoms with van der Waals surface area (Å²) in [5, 5.41) is 5.70. The van der Waals surface area contributed by atoms with Crippen LogP contribution in [0.5, 0.6) is 0 Å². The molecule has 0 spiro atoms. The molecule has 0 saturated carbocycles. The van der Waals surface area contributed by atoms with E-state index < -0.39 is 0 Å². The van der Waals surface area contributed by atoms with Gasteiger partial charge in [0.25, 0.3) is 5.91 Å². The Morgan fingerprint density at radius 2 is 1.90 bits per heavy atom. The van der Waals surface area contributed by atoms with Crippen LogP contribution < -0.4 is 15.5 Å². The van der Waals surface area contributed by atoms with Crippen molar-refractivity contribution in [1.82, 2.24) is 9.97 Å². The van der Waals surface area contributed by atoms with Crippen molar-refractivity contribution >= 4 is 23.1 Å². The molecule has 0 radical (unpaired) electrons. The molecule has 0 unspecified atom stereocenters. The van der Waals surface area contributed by atoms with Gasteiger partial charge in [-0.2, -0.15) is 0 Å². The van der Waals surface area contributed by atoms with E-state index in [2.05, 4.69) is 20.6 Å². The molecule has 104 valence electrons. The second kappa shape index (κ2) is 6.01. The SMILES string of the molecule is CNc1cnc(C(=O)Nc2ccccc2N(C)C)cn1. The minimum Gasteiger partial charge on any atom is -0.376 e. The highest BCUT2D eigenvalue weighted by Crippen LogP contribution is 2.23. The normalized spacial score (nSPS) is 9.95. The van der Waals surface area contributed by atoms with Crippen LogP contribution in [0.25, 0.3) is 0 Å². The Morgan fingerprint density at radius 1 is 1.15 bits per heavy atom. The molecule has 1 aromatic carbocycles. The zero-order valence-electron chi connectivity index (χ0n) is 11.7. The number of carbonyl (C=O) groups is 1. The molecule has 0 bridgehead atoms. The first-order chi connectivity index (χ1) is 9.61. The monoisotopic (exact) mass is 271 g/mol. The van der Waals surface area contributed by atoms with Crippen molar-refractivity contribution in [2.45, 2.75) is 0 Å². The van der Waals surface area contributed by atoms with Crippen LogP contribution in [0.2, 0.25) is 0 Å². The Labute approximate surface area is 117 Å². The van der Waals surface area contributed by atoms with Crippen molar-refractivity contribution in [3.8, 4) is 0 Å². The van der Waals surface area contributed by atoms with Gasteiger partial charge in [-0.25, -0.2) is 9.97 Å². The van der Waals surface area contributed by atoms with Crippen LogP contribution in [0.4, 0.5) is 17.2 Å². The van der Waals surface area contributed by atoms with Gasteiger partial charge in [-0.05, 0) is 12.1 Å². The number of rotatable bonds is 4. The molecule has 1 amide bonds. The van der Waals surface area contributed by atoms with Gasteiger partial charge in [0.2, 0.25) is 0 Å². The number of nitrogens with one attached hydrogen (secondary N) is 2. The van der Waals surface area contributed by atoms with E-state index in [1.165, 1.54) is 12.4 Å².